The smallest absolute Gasteiger partial charge is 0.273 e. The fraction of sp³-hybridized carbons (Fsp3) is 0.300. The van der Waals surface area contributed by atoms with Crippen LogP contribution in [-0.4, -0.2) is 63.9 Å². The molecule has 1 aliphatic rings. The lowest BCUT2D eigenvalue weighted by Gasteiger charge is -2.36. The molecule has 1 saturated heterocycles. The lowest BCUT2D eigenvalue weighted by Crippen LogP contribution is -2.49. The first-order chi connectivity index (χ1) is 19.4. The van der Waals surface area contributed by atoms with Crippen LogP contribution in [0, 0.1) is 5.82 Å². The number of rotatable bonds is 9. The van der Waals surface area contributed by atoms with E-state index in [9.17, 15) is 14.0 Å². The van der Waals surface area contributed by atoms with Crippen LogP contribution < -0.4 is 4.90 Å². The number of hydrogen-bond donors (Lipinski definition) is 0. The lowest BCUT2D eigenvalue weighted by atomic mass is 10.2. The number of thiazole rings is 1. The van der Waals surface area contributed by atoms with Crippen molar-refractivity contribution in [1.82, 2.24) is 19.4 Å². The first-order valence-corrected chi connectivity index (χ1v) is 14.6. The summed E-state index contributed by atoms with van der Waals surface area (Å²) >= 11 is 7.81. The molecule has 208 valence electrons. The van der Waals surface area contributed by atoms with Gasteiger partial charge in [0.2, 0.25) is 0 Å². The minimum atomic E-state index is -0.367. The molecule has 0 bridgehead atoms. The van der Waals surface area contributed by atoms with Crippen molar-refractivity contribution in [2.75, 3.05) is 37.6 Å². The highest BCUT2D eigenvalue weighted by Gasteiger charge is 2.25. The monoisotopic (exact) mass is 579 g/mol. The second kappa shape index (κ2) is 12.7. The largest absolute Gasteiger partial charge is 0.367 e. The van der Waals surface area contributed by atoms with Crippen molar-refractivity contribution in [1.29, 1.82) is 0 Å². The van der Waals surface area contributed by atoms with Gasteiger partial charge >= 0.3 is 0 Å². The summed E-state index contributed by atoms with van der Waals surface area (Å²) in [4.78, 5) is 36.8. The van der Waals surface area contributed by atoms with Crippen molar-refractivity contribution in [3.05, 3.63) is 105 Å². The highest BCUT2D eigenvalue weighted by Crippen LogP contribution is 2.26. The van der Waals surface area contributed by atoms with Crippen LogP contribution in [0.5, 0.6) is 0 Å². The van der Waals surface area contributed by atoms with E-state index in [-0.39, 0.29) is 17.6 Å². The van der Waals surface area contributed by atoms with Gasteiger partial charge in [-0.05, 0) is 55.0 Å². The summed E-state index contributed by atoms with van der Waals surface area (Å²) in [5.74, 6) is -0.562. The van der Waals surface area contributed by atoms with Gasteiger partial charge in [-0.15, -0.1) is 11.3 Å². The molecule has 0 N–H and O–H groups in total. The topological polar surface area (TPSA) is 61.7 Å². The Balaban J connectivity index is 1.21. The highest BCUT2D eigenvalue weighted by atomic mass is 35.5. The van der Waals surface area contributed by atoms with Gasteiger partial charge < -0.3 is 19.3 Å². The average Bonchev–Trinajstić information content (AvgIpc) is 3.62. The predicted octanol–water partition coefficient (Wildman–Crippen LogP) is 5.80. The molecule has 2 amide bonds. The predicted molar refractivity (Wildman–Crippen MR) is 157 cm³/mol. The molecule has 2 aromatic carbocycles. The molecule has 2 aromatic heterocycles. The molecule has 0 radical (unpaired) electrons. The number of carbonyl (C=O) groups excluding carboxylic acids is 2. The van der Waals surface area contributed by atoms with E-state index < -0.39 is 0 Å². The molecule has 7 nitrogen and oxygen atoms in total. The van der Waals surface area contributed by atoms with E-state index in [0.29, 0.717) is 62.1 Å². The zero-order valence-corrected chi connectivity index (χ0v) is 23.9. The normalized spacial score (nSPS) is 13.5. The minimum Gasteiger partial charge on any atom is -0.367 e. The van der Waals surface area contributed by atoms with E-state index in [4.69, 9.17) is 11.6 Å². The Kier molecular flexibility index (Phi) is 8.81. The number of amides is 2. The number of benzene rings is 2. The number of anilines is 1. The van der Waals surface area contributed by atoms with E-state index in [0.717, 1.165) is 22.8 Å². The first kappa shape index (κ1) is 27.9. The second-order valence-corrected chi connectivity index (χ2v) is 11.1. The molecule has 5 rings (SSSR count). The van der Waals surface area contributed by atoms with Crippen molar-refractivity contribution in [3.8, 4) is 0 Å². The standard InChI is InChI=1S/C30H31ClFN5O2S/c1-2-13-37(29(38)22-9-11-23(32)12-10-22)19-24-6-5-14-36(24)20-28-33-26(21-40-28)30(39)35-17-15-34(16-18-35)27-8-4-3-7-25(27)31/h3-12,14,21H,2,13,15-20H2,1H3. The summed E-state index contributed by atoms with van der Waals surface area (Å²) < 4.78 is 15.4. The molecule has 0 saturated carbocycles. The number of halogens is 2. The minimum absolute atomic E-state index is 0.0620. The number of nitrogens with zero attached hydrogens (tertiary/aromatic N) is 5. The van der Waals surface area contributed by atoms with Crippen LogP contribution in [0.25, 0.3) is 0 Å². The van der Waals surface area contributed by atoms with E-state index in [1.54, 1.807) is 4.90 Å². The maximum absolute atomic E-state index is 13.4. The fourth-order valence-electron chi connectivity index (χ4n) is 4.89. The molecular formula is C30H31ClFN5O2S. The van der Waals surface area contributed by atoms with Gasteiger partial charge in [0, 0.05) is 55.6 Å². The van der Waals surface area contributed by atoms with Gasteiger partial charge in [-0.2, -0.15) is 0 Å². The second-order valence-electron chi connectivity index (χ2n) is 9.72. The van der Waals surface area contributed by atoms with E-state index in [2.05, 4.69) is 14.5 Å². The van der Waals surface area contributed by atoms with E-state index >= 15 is 0 Å². The van der Waals surface area contributed by atoms with Crippen LogP contribution in [-0.2, 0) is 13.1 Å². The number of para-hydroxylation sites is 1. The quantitative estimate of drug-likeness (QED) is 0.251. The number of piperazine rings is 1. The number of carbonyl (C=O) groups is 2. The van der Waals surface area contributed by atoms with Gasteiger partial charge in [-0.1, -0.05) is 30.7 Å². The molecule has 0 atom stereocenters. The zero-order valence-electron chi connectivity index (χ0n) is 22.3. The molecule has 4 aromatic rings. The van der Waals surface area contributed by atoms with Gasteiger partial charge in [0.15, 0.2) is 0 Å². The van der Waals surface area contributed by atoms with Crippen LogP contribution in [0.3, 0.4) is 0 Å². The van der Waals surface area contributed by atoms with Crippen molar-refractivity contribution in [2.45, 2.75) is 26.4 Å². The number of aromatic nitrogens is 2. The van der Waals surface area contributed by atoms with Gasteiger partial charge in [0.05, 0.1) is 23.8 Å². The Bertz CT molecular complexity index is 1460. The van der Waals surface area contributed by atoms with Crippen LogP contribution in [0.1, 0.15) is 44.9 Å². The maximum Gasteiger partial charge on any atom is 0.273 e. The van der Waals surface area contributed by atoms with Crippen molar-refractivity contribution < 1.29 is 14.0 Å². The first-order valence-electron chi connectivity index (χ1n) is 13.3. The van der Waals surface area contributed by atoms with Crippen molar-refractivity contribution in [3.63, 3.8) is 0 Å². The van der Waals surface area contributed by atoms with E-state index in [1.807, 2.05) is 59.8 Å². The van der Waals surface area contributed by atoms with E-state index in [1.165, 1.54) is 35.6 Å². The Hall–Kier alpha value is -3.69. The Labute approximate surface area is 242 Å². The third-order valence-electron chi connectivity index (χ3n) is 6.98. The Morgan fingerprint density at radius 3 is 2.50 bits per heavy atom. The summed E-state index contributed by atoms with van der Waals surface area (Å²) in [6, 6.07) is 17.3. The molecule has 0 spiro atoms. The molecule has 10 heteroatoms. The molecule has 40 heavy (non-hydrogen) atoms. The van der Waals surface area contributed by atoms with Gasteiger partial charge in [-0.25, -0.2) is 9.37 Å². The van der Waals surface area contributed by atoms with Crippen LogP contribution in [0.2, 0.25) is 5.02 Å². The molecule has 1 aliphatic heterocycles. The Morgan fingerprint density at radius 1 is 1.02 bits per heavy atom. The van der Waals surface area contributed by atoms with Crippen LogP contribution in [0.4, 0.5) is 10.1 Å². The number of hydrogen-bond acceptors (Lipinski definition) is 5. The summed E-state index contributed by atoms with van der Waals surface area (Å²) in [6.45, 7) is 6.17. The van der Waals surface area contributed by atoms with Gasteiger partial charge in [0.25, 0.3) is 11.8 Å². The molecule has 0 unspecified atom stereocenters. The van der Waals surface area contributed by atoms with Gasteiger partial charge in [0.1, 0.15) is 16.5 Å². The average molecular weight is 580 g/mol. The zero-order chi connectivity index (χ0) is 28.1. The fourth-order valence-corrected chi connectivity index (χ4v) is 5.91. The van der Waals surface area contributed by atoms with Crippen LogP contribution in [0.15, 0.2) is 72.2 Å². The third kappa shape index (κ3) is 6.37. The highest BCUT2D eigenvalue weighted by molar-refractivity contribution is 7.09. The van der Waals surface area contributed by atoms with Crippen molar-refractivity contribution in [2.24, 2.45) is 0 Å². The Morgan fingerprint density at radius 2 is 1.77 bits per heavy atom. The molecular weight excluding hydrogens is 549 g/mol. The SMILES string of the molecule is CCCN(Cc1cccn1Cc1nc(C(=O)N2CCN(c3ccccc3Cl)CC2)cs1)C(=O)c1ccc(F)cc1. The summed E-state index contributed by atoms with van der Waals surface area (Å²) in [5, 5.41) is 3.36. The van der Waals surface area contributed by atoms with Crippen LogP contribution >= 0.6 is 22.9 Å². The molecule has 3 heterocycles. The third-order valence-corrected chi connectivity index (χ3v) is 8.14. The summed E-state index contributed by atoms with van der Waals surface area (Å²) in [7, 11) is 0. The summed E-state index contributed by atoms with van der Waals surface area (Å²) in [6.07, 6.45) is 2.76. The van der Waals surface area contributed by atoms with Crippen molar-refractivity contribution >= 4 is 40.4 Å². The van der Waals surface area contributed by atoms with Gasteiger partial charge in [-0.3, -0.25) is 9.59 Å². The molecule has 1 fully saturated rings. The lowest BCUT2D eigenvalue weighted by molar-refractivity contribution is 0.0732. The maximum atomic E-state index is 13.4. The molecule has 0 aliphatic carbocycles. The summed E-state index contributed by atoms with van der Waals surface area (Å²) in [5.41, 5.74) is 2.87.